The molecule has 1 heterocycles. The highest BCUT2D eigenvalue weighted by Gasteiger charge is 2.23. The van der Waals surface area contributed by atoms with Gasteiger partial charge in [-0.3, -0.25) is 0 Å². The minimum absolute atomic E-state index is 0.0467. The Morgan fingerprint density at radius 1 is 1.11 bits per heavy atom. The molecule has 0 aliphatic rings. The second kappa shape index (κ2) is 5.36. The summed E-state index contributed by atoms with van der Waals surface area (Å²) >= 11 is 0.580. The molecule has 0 atom stereocenters. The predicted molar refractivity (Wildman–Crippen MR) is 69.3 cm³/mol. The van der Waals surface area contributed by atoms with Crippen LogP contribution in [0.1, 0.15) is 5.56 Å². The summed E-state index contributed by atoms with van der Waals surface area (Å²) < 4.78 is 50.9. The highest BCUT2D eigenvalue weighted by molar-refractivity contribution is 7.91. The first-order valence-electron chi connectivity index (χ1n) is 5.36. The maximum absolute atomic E-state index is 12.9. The minimum Gasteiger partial charge on any atom is -0.207 e. The van der Waals surface area contributed by atoms with Gasteiger partial charge in [0.1, 0.15) is 10.0 Å². The average molecular weight is 303 g/mol. The van der Waals surface area contributed by atoms with E-state index in [1.54, 1.807) is 0 Å². The van der Waals surface area contributed by atoms with E-state index in [-0.39, 0.29) is 16.6 Å². The van der Waals surface area contributed by atoms with Crippen LogP contribution in [0.25, 0.3) is 0 Å². The summed E-state index contributed by atoms with van der Waals surface area (Å²) in [7, 11) is -2.31. The summed E-state index contributed by atoms with van der Waals surface area (Å²) in [5.74, 6) is -0.380. The molecule has 0 unspecified atom stereocenters. The molecule has 0 radical (unpaired) electrons. The van der Waals surface area contributed by atoms with Crippen molar-refractivity contribution in [1.29, 1.82) is 0 Å². The molecule has 0 aliphatic carbocycles. The number of hydrogen-bond donors (Lipinski definition) is 0. The van der Waals surface area contributed by atoms with E-state index in [1.165, 1.54) is 37.4 Å². The fraction of sp³-hybridized carbons (Fsp3) is 0.167. The highest BCUT2D eigenvalue weighted by atomic mass is 32.2. The molecule has 0 N–H and O–H groups in total. The Hall–Kier alpha value is -1.31. The number of thiophene rings is 1. The van der Waals surface area contributed by atoms with E-state index in [0.717, 1.165) is 10.4 Å². The Morgan fingerprint density at radius 3 is 2.26 bits per heavy atom. The van der Waals surface area contributed by atoms with Gasteiger partial charge < -0.3 is 0 Å². The van der Waals surface area contributed by atoms with Crippen LogP contribution in [0.5, 0.6) is 0 Å². The van der Waals surface area contributed by atoms with E-state index < -0.39 is 15.2 Å². The first-order chi connectivity index (χ1) is 8.89. The zero-order valence-electron chi connectivity index (χ0n) is 10.0. The molecule has 2 aromatic rings. The SMILES string of the molecule is CN(Cc1ccc(F)cc1)S(=O)(=O)c1ccc(F)s1. The topological polar surface area (TPSA) is 37.4 Å². The van der Waals surface area contributed by atoms with E-state index in [1.807, 2.05) is 0 Å². The fourth-order valence-corrected chi connectivity index (χ4v) is 3.89. The number of nitrogens with zero attached hydrogens (tertiary/aromatic N) is 1. The van der Waals surface area contributed by atoms with Crippen molar-refractivity contribution in [2.75, 3.05) is 7.05 Å². The molecule has 0 amide bonds. The minimum atomic E-state index is -3.71. The van der Waals surface area contributed by atoms with Crippen LogP contribution in [-0.4, -0.2) is 19.8 Å². The lowest BCUT2D eigenvalue weighted by molar-refractivity contribution is 0.468. The molecule has 0 saturated carbocycles. The number of sulfonamides is 1. The number of benzene rings is 1. The summed E-state index contributed by atoms with van der Waals surface area (Å²) in [4.78, 5) is 0. The Labute approximate surface area is 114 Å². The van der Waals surface area contributed by atoms with E-state index in [9.17, 15) is 17.2 Å². The van der Waals surface area contributed by atoms with Crippen LogP contribution in [0.2, 0.25) is 0 Å². The third-order valence-electron chi connectivity index (χ3n) is 2.53. The molecule has 2 rings (SSSR count). The van der Waals surface area contributed by atoms with Gasteiger partial charge in [-0.25, -0.2) is 12.8 Å². The quantitative estimate of drug-likeness (QED) is 0.871. The molecule has 1 aromatic heterocycles. The summed E-state index contributed by atoms with van der Waals surface area (Å²) in [5.41, 5.74) is 0.657. The molecule has 1 aromatic carbocycles. The molecular weight excluding hydrogens is 292 g/mol. The molecule has 19 heavy (non-hydrogen) atoms. The van der Waals surface area contributed by atoms with Crippen molar-refractivity contribution in [2.24, 2.45) is 0 Å². The maximum Gasteiger partial charge on any atom is 0.252 e. The van der Waals surface area contributed by atoms with E-state index >= 15 is 0 Å². The molecule has 0 spiro atoms. The van der Waals surface area contributed by atoms with Gasteiger partial charge in [0.2, 0.25) is 0 Å². The lowest BCUT2D eigenvalue weighted by atomic mass is 10.2. The van der Waals surface area contributed by atoms with Crippen molar-refractivity contribution in [3.8, 4) is 0 Å². The number of hydrogen-bond acceptors (Lipinski definition) is 3. The molecule has 0 fully saturated rings. The highest BCUT2D eigenvalue weighted by Crippen LogP contribution is 2.24. The van der Waals surface area contributed by atoms with Crippen LogP contribution < -0.4 is 0 Å². The van der Waals surface area contributed by atoms with Crippen LogP contribution in [0, 0.1) is 10.9 Å². The lowest BCUT2D eigenvalue weighted by Gasteiger charge is -2.15. The predicted octanol–water partition coefficient (Wildman–Crippen LogP) is 2.85. The smallest absolute Gasteiger partial charge is 0.207 e. The van der Waals surface area contributed by atoms with Gasteiger partial charge in [-0.2, -0.15) is 8.70 Å². The van der Waals surface area contributed by atoms with Crippen molar-refractivity contribution in [3.05, 3.63) is 52.9 Å². The van der Waals surface area contributed by atoms with Gasteiger partial charge in [-0.15, -0.1) is 0 Å². The Bertz CT molecular complexity index is 665. The van der Waals surface area contributed by atoms with Crippen molar-refractivity contribution in [3.63, 3.8) is 0 Å². The van der Waals surface area contributed by atoms with Gasteiger partial charge in [0.05, 0.1) is 0 Å². The summed E-state index contributed by atoms with van der Waals surface area (Å²) in [5, 5.41) is -0.547. The Kier molecular flexibility index (Phi) is 3.98. The van der Waals surface area contributed by atoms with Crippen molar-refractivity contribution in [2.45, 2.75) is 10.8 Å². The van der Waals surface area contributed by atoms with Gasteiger partial charge in [-0.05, 0) is 29.8 Å². The van der Waals surface area contributed by atoms with Gasteiger partial charge in [0.15, 0.2) is 5.13 Å². The molecule has 3 nitrogen and oxygen atoms in total. The first kappa shape index (κ1) is 14.1. The normalized spacial score (nSPS) is 12.0. The zero-order chi connectivity index (χ0) is 14.0. The third kappa shape index (κ3) is 3.17. The summed E-state index contributed by atoms with van der Waals surface area (Å²) in [6.07, 6.45) is 0. The lowest BCUT2D eigenvalue weighted by Crippen LogP contribution is -2.25. The summed E-state index contributed by atoms with van der Waals surface area (Å²) in [6, 6.07) is 7.90. The van der Waals surface area contributed by atoms with Gasteiger partial charge in [0.25, 0.3) is 10.0 Å². The van der Waals surface area contributed by atoms with Crippen LogP contribution in [0.15, 0.2) is 40.6 Å². The van der Waals surface area contributed by atoms with Crippen LogP contribution in [-0.2, 0) is 16.6 Å². The first-order valence-corrected chi connectivity index (χ1v) is 7.61. The number of rotatable bonds is 4. The monoisotopic (exact) mass is 303 g/mol. The van der Waals surface area contributed by atoms with Crippen LogP contribution in [0.3, 0.4) is 0 Å². The standard InChI is InChI=1S/C12H11F2NO2S2/c1-15(8-9-2-4-10(13)5-3-9)19(16,17)12-7-6-11(14)18-12/h2-7H,8H2,1H3. The Morgan fingerprint density at radius 2 is 1.74 bits per heavy atom. The van der Waals surface area contributed by atoms with Gasteiger partial charge in [-0.1, -0.05) is 23.5 Å². The molecular formula is C12H11F2NO2S2. The van der Waals surface area contributed by atoms with E-state index in [0.29, 0.717) is 16.9 Å². The second-order valence-electron chi connectivity index (χ2n) is 3.95. The van der Waals surface area contributed by atoms with Crippen LogP contribution in [0.4, 0.5) is 8.78 Å². The largest absolute Gasteiger partial charge is 0.252 e. The van der Waals surface area contributed by atoms with Crippen LogP contribution >= 0.6 is 11.3 Å². The van der Waals surface area contributed by atoms with Gasteiger partial charge in [0, 0.05) is 13.6 Å². The Balaban J connectivity index is 2.19. The van der Waals surface area contributed by atoms with Crippen molar-refractivity contribution >= 4 is 21.4 Å². The maximum atomic E-state index is 12.9. The van der Waals surface area contributed by atoms with Crippen molar-refractivity contribution in [1.82, 2.24) is 4.31 Å². The molecule has 0 aliphatic heterocycles. The fourth-order valence-electron chi connectivity index (χ4n) is 1.52. The summed E-state index contributed by atoms with van der Waals surface area (Å²) in [6.45, 7) is 0.0993. The second-order valence-corrected chi connectivity index (χ2v) is 7.25. The molecule has 0 bridgehead atoms. The zero-order valence-corrected chi connectivity index (χ0v) is 11.6. The van der Waals surface area contributed by atoms with Gasteiger partial charge >= 0.3 is 0 Å². The average Bonchev–Trinajstić information content (AvgIpc) is 2.79. The third-order valence-corrected chi connectivity index (χ3v) is 5.68. The van der Waals surface area contributed by atoms with E-state index in [2.05, 4.69) is 0 Å². The molecule has 0 saturated heterocycles. The van der Waals surface area contributed by atoms with E-state index in [4.69, 9.17) is 0 Å². The molecule has 7 heteroatoms. The number of halogens is 2. The van der Waals surface area contributed by atoms with Crippen molar-refractivity contribution < 1.29 is 17.2 Å². The molecule has 102 valence electrons.